The number of allylic oxidation sites excluding steroid dienone is 1. The highest BCUT2D eigenvalue weighted by atomic mass is 19.0. The third-order valence-electron chi connectivity index (χ3n) is 1.08. The monoisotopic (exact) mass is 208 g/mol. The van der Waals surface area contributed by atoms with E-state index < -0.39 is 5.97 Å². The summed E-state index contributed by atoms with van der Waals surface area (Å²) < 4.78 is 0. The Hall–Kier alpha value is -1.07. The molecule has 0 radical (unpaired) electrons. The number of aliphatic carboxylic acids is 1. The van der Waals surface area contributed by atoms with E-state index in [0.717, 1.165) is 12.8 Å². The summed E-state index contributed by atoms with van der Waals surface area (Å²) in [5, 5.41) is 8.34. The highest BCUT2D eigenvalue weighted by Gasteiger charge is 1.95. The summed E-state index contributed by atoms with van der Waals surface area (Å²) in [6.45, 7) is 3.63. The van der Waals surface area contributed by atoms with Gasteiger partial charge in [-0.1, -0.05) is 19.4 Å². The van der Waals surface area contributed by atoms with Crippen molar-refractivity contribution in [3.8, 4) is 0 Å². The maximum Gasteiger partial charge on any atom is 0.330 e. The first-order valence-electron chi connectivity index (χ1n) is 3.08. The van der Waals surface area contributed by atoms with Gasteiger partial charge in [-0.3, -0.25) is 18.8 Å². The van der Waals surface area contributed by atoms with Crippen LogP contribution in [0.2, 0.25) is 0 Å². The molecule has 1 N–H and O–H groups in total. The van der Waals surface area contributed by atoms with Crippen molar-refractivity contribution >= 4 is 5.97 Å². The summed E-state index contributed by atoms with van der Waals surface area (Å²) in [4.78, 5) is 10.1. The molecule has 0 fully saturated rings. The van der Waals surface area contributed by atoms with Gasteiger partial charge in [-0.2, -0.15) is 0 Å². The Morgan fingerprint density at radius 3 is 1.85 bits per heavy atom. The Morgan fingerprint density at radius 2 is 1.62 bits per heavy atom. The van der Waals surface area contributed by atoms with Crippen LogP contribution in [0.15, 0.2) is 11.6 Å². The van der Waals surface area contributed by atoms with Crippen molar-refractivity contribution in [2.45, 2.75) is 26.7 Å². The zero-order chi connectivity index (χ0) is 7.28. The van der Waals surface area contributed by atoms with Gasteiger partial charge < -0.3 is 5.11 Å². The maximum absolute atomic E-state index is 10.1. The molecule has 2 nitrogen and oxygen atoms in total. The van der Waals surface area contributed by atoms with Gasteiger partial charge in [0, 0.05) is 5.57 Å². The highest BCUT2D eigenvalue weighted by molar-refractivity contribution is 5.85. The zero-order valence-electron chi connectivity index (χ0n) is 7.48. The smallest absolute Gasteiger partial charge is 0.330 e. The number of carboxylic acid groups (broad SMARTS) is 1. The average molecular weight is 208 g/mol. The van der Waals surface area contributed by atoms with E-state index >= 15 is 0 Å². The van der Waals surface area contributed by atoms with Crippen LogP contribution in [0.3, 0.4) is 0 Å². The second-order valence-electron chi connectivity index (χ2n) is 1.98. The fourth-order valence-electron chi connectivity index (χ4n) is 0.448. The molecule has 0 spiro atoms. The lowest BCUT2D eigenvalue weighted by molar-refractivity contribution is -0.132. The molecular formula is C7H16F4O2. The van der Waals surface area contributed by atoms with Crippen molar-refractivity contribution in [3.05, 3.63) is 11.6 Å². The second kappa shape index (κ2) is 17.1. The third-order valence-corrected chi connectivity index (χ3v) is 1.08. The quantitative estimate of drug-likeness (QED) is 0.571. The van der Waals surface area contributed by atoms with E-state index in [9.17, 15) is 4.79 Å². The van der Waals surface area contributed by atoms with Crippen LogP contribution in [-0.2, 0) is 4.79 Å². The van der Waals surface area contributed by atoms with Gasteiger partial charge in [0.1, 0.15) is 0 Å². The molecule has 0 aromatic heterocycles. The Balaban J connectivity index is -0.0000000533. The van der Waals surface area contributed by atoms with Gasteiger partial charge in [0.15, 0.2) is 0 Å². The summed E-state index contributed by atoms with van der Waals surface area (Å²) in [7, 11) is 0. The molecule has 84 valence electrons. The summed E-state index contributed by atoms with van der Waals surface area (Å²) in [6.07, 6.45) is 3.60. The lowest BCUT2D eigenvalue weighted by Gasteiger charge is -1.89. The molecule has 0 aliphatic rings. The molecule has 0 aliphatic heterocycles. The summed E-state index contributed by atoms with van der Waals surface area (Å²) in [5.74, 6) is -0.816. The minimum Gasteiger partial charge on any atom is -0.478 e. The Bertz CT molecular complexity index is 136. The lowest BCUT2D eigenvalue weighted by Crippen LogP contribution is -1.95. The van der Waals surface area contributed by atoms with E-state index in [1.165, 1.54) is 0 Å². The molecule has 0 saturated carbocycles. The van der Waals surface area contributed by atoms with E-state index in [4.69, 9.17) is 5.11 Å². The molecule has 0 rings (SSSR count). The second-order valence-corrected chi connectivity index (χ2v) is 1.98. The van der Waals surface area contributed by atoms with Crippen molar-refractivity contribution in [1.82, 2.24) is 0 Å². The number of carboxylic acids is 1. The van der Waals surface area contributed by atoms with Gasteiger partial charge in [-0.15, -0.1) is 0 Å². The molecule has 0 aliphatic carbocycles. The molecule has 0 bridgehead atoms. The first kappa shape index (κ1) is 29.7. The number of hydrogen-bond acceptors (Lipinski definition) is 1. The Labute approximate surface area is 74.1 Å². The molecule has 0 amide bonds. The molecule has 0 heterocycles. The van der Waals surface area contributed by atoms with E-state index in [1.54, 1.807) is 13.0 Å². The minimum absolute atomic E-state index is 0. The molecular weight excluding hydrogens is 192 g/mol. The molecule has 0 saturated heterocycles. The predicted molar refractivity (Wildman–Crippen MR) is 46.3 cm³/mol. The van der Waals surface area contributed by atoms with Crippen LogP contribution in [0.4, 0.5) is 18.8 Å². The first-order chi connectivity index (χ1) is 4.18. The number of halogens is 4. The summed E-state index contributed by atoms with van der Waals surface area (Å²) in [6, 6.07) is 0. The number of unbranched alkanes of at least 4 members (excludes halogenated alkanes) is 1. The van der Waals surface area contributed by atoms with Gasteiger partial charge in [0.2, 0.25) is 0 Å². The van der Waals surface area contributed by atoms with Crippen molar-refractivity contribution < 1.29 is 28.7 Å². The van der Waals surface area contributed by atoms with Crippen molar-refractivity contribution in [2.75, 3.05) is 0 Å². The van der Waals surface area contributed by atoms with E-state index in [1.807, 2.05) is 6.92 Å². The summed E-state index contributed by atoms with van der Waals surface area (Å²) >= 11 is 0. The molecule has 0 aromatic rings. The average Bonchev–Trinajstić information content (AvgIpc) is 1.82. The van der Waals surface area contributed by atoms with E-state index in [0.29, 0.717) is 5.57 Å². The number of rotatable bonds is 3. The van der Waals surface area contributed by atoms with Crippen LogP contribution >= 0.6 is 0 Å². The Morgan fingerprint density at radius 1 is 1.23 bits per heavy atom. The molecule has 0 atom stereocenters. The van der Waals surface area contributed by atoms with Crippen LogP contribution in [0.25, 0.3) is 0 Å². The van der Waals surface area contributed by atoms with Gasteiger partial charge in [-0.25, -0.2) is 4.79 Å². The minimum atomic E-state index is -0.816. The highest BCUT2D eigenvalue weighted by Crippen LogP contribution is 1.96. The van der Waals surface area contributed by atoms with Crippen molar-refractivity contribution in [2.24, 2.45) is 0 Å². The van der Waals surface area contributed by atoms with Gasteiger partial charge in [0.25, 0.3) is 0 Å². The first-order valence-corrected chi connectivity index (χ1v) is 3.08. The zero-order valence-corrected chi connectivity index (χ0v) is 7.48. The summed E-state index contributed by atoms with van der Waals surface area (Å²) in [5.41, 5.74) is 0.442. The maximum atomic E-state index is 10.1. The Kier molecular flexibility index (Phi) is 39.1. The largest absolute Gasteiger partial charge is 0.478 e. The number of carbonyl (C=O) groups is 1. The fourth-order valence-corrected chi connectivity index (χ4v) is 0.448. The third kappa shape index (κ3) is 18.1. The van der Waals surface area contributed by atoms with Gasteiger partial charge in [-0.05, 0) is 13.3 Å². The molecule has 13 heavy (non-hydrogen) atoms. The fraction of sp³-hybridized carbons (Fsp3) is 0.571. The van der Waals surface area contributed by atoms with Crippen LogP contribution in [-0.4, -0.2) is 11.1 Å². The predicted octanol–water partition coefficient (Wildman–Crippen LogP) is 2.43. The van der Waals surface area contributed by atoms with Crippen LogP contribution < -0.4 is 0 Å². The lowest BCUT2D eigenvalue weighted by atomic mass is 10.2. The normalized spacial score (nSPS) is 8.00. The topological polar surface area (TPSA) is 37.3 Å². The van der Waals surface area contributed by atoms with E-state index in [2.05, 4.69) is 0 Å². The van der Waals surface area contributed by atoms with Gasteiger partial charge >= 0.3 is 5.97 Å². The van der Waals surface area contributed by atoms with Crippen LogP contribution in [0, 0.1) is 0 Å². The number of hydrogen-bond donors (Lipinski definition) is 1. The van der Waals surface area contributed by atoms with Crippen LogP contribution in [0.5, 0.6) is 0 Å². The van der Waals surface area contributed by atoms with E-state index in [-0.39, 0.29) is 18.8 Å². The molecule has 6 heteroatoms. The molecule has 0 unspecified atom stereocenters. The standard InChI is InChI=1S/C7H12O2.4FH/c1-3-4-5-6(2)7(8)9;;;;/h5H,3-4H2,1-2H3,(H,8,9);4*1H. The van der Waals surface area contributed by atoms with Gasteiger partial charge in [0.05, 0.1) is 0 Å². The van der Waals surface area contributed by atoms with Crippen molar-refractivity contribution in [3.63, 3.8) is 0 Å². The SMILES string of the molecule is CCCC=C(C)C(=O)O.F.F.F.F. The van der Waals surface area contributed by atoms with Crippen LogP contribution in [0.1, 0.15) is 26.7 Å². The molecule has 0 aromatic carbocycles. The van der Waals surface area contributed by atoms with Crippen molar-refractivity contribution in [1.29, 1.82) is 0 Å².